The van der Waals surface area contributed by atoms with Gasteiger partial charge in [0.05, 0.1) is 13.0 Å². The SMILES string of the molecule is COC(=O)[C@@H]1CCC[C@@H](C(=O)NCc2cccc(N3CC=CC3)c2)C1. The molecule has 0 unspecified atom stereocenters. The lowest BCUT2D eigenvalue weighted by atomic mass is 9.81. The fourth-order valence-corrected chi connectivity index (χ4v) is 3.69. The summed E-state index contributed by atoms with van der Waals surface area (Å²) < 4.78 is 4.83. The molecule has 0 radical (unpaired) electrons. The first-order valence-corrected chi connectivity index (χ1v) is 9.02. The van der Waals surface area contributed by atoms with Crippen molar-refractivity contribution < 1.29 is 14.3 Å². The van der Waals surface area contributed by atoms with Gasteiger partial charge in [0.1, 0.15) is 0 Å². The van der Waals surface area contributed by atoms with Gasteiger partial charge in [-0.1, -0.05) is 30.7 Å². The number of carbonyl (C=O) groups is 2. The molecular formula is C20H26N2O3. The van der Waals surface area contributed by atoms with E-state index in [0.717, 1.165) is 37.9 Å². The molecule has 1 heterocycles. The van der Waals surface area contributed by atoms with Crippen LogP contribution in [0.25, 0.3) is 0 Å². The van der Waals surface area contributed by atoms with Crippen LogP contribution in [0.2, 0.25) is 0 Å². The van der Waals surface area contributed by atoms with E-state index < -0.39 is 0 Å². The van der Waals surface area contributed by atoms with E-state index in [4.69, 9.17) is 4.74 Å². The summed E-state index contributed by atoms with van der Waals surface area (Å²) in [6.07, 6.45) is 7.49. The molecule has 0 spiro atoms. The minimum Gasteiger partial charge on any atom is -0.469 e. The Hall–Kier alpha value is -2.30. The number of carbonyl (C=O) groups excluding carboxylic acids is 2. The van der Waals surface area contributed by atoms with Gasteiger partial charge in [-0.25, -0.2) is 0 Å². The van der Waals surface area contributed by atoms with Gasteiger partial charge >= 0.3 is 5.97 Å². The van der Waals surface area contributed by atoms with Crippen molar-refractivity contribution in [3.05, 3.63) is 42.0 Å². The zero-order valence-corrected chi connectivity index (χ0v) is 14.7. The zero-order chi connectivity index (χ0) is 17.6. The molecule has 1 aliphatic heterocycles. The summed E-state index contributed by atoms with van der Waals surface area (Å²) in [5.74, 6) is -0.379. The number of nitrogens with one attached hydrogen (secondary N) is 1. The normalized spacial score (nSPS) is 22.7. The van der Waals surface area contributed by atoms with E-state index >= 15 is 0 Å². The maximum atomic E-state index is 12.5. The number of anilines is 1. The van der Waals surface area contributed by atoms with Gasteiger partial charge in [-0.3, -0.25) is 9.59 Å². The van der Waals surface area contributed by atoms with Crippen molar-refractivity contribution in [2.24, 2.45) is 11.8 Å². The minimum atomic E-state index is -0.190. The van der Waals surface area contributed by atoms with E-state index in [0.29, 0.717) is 13.0 Å². The Bertz CT molecular complexity index is 648. The van der Waals surface area contributed by atoms with E-state index in [9.17, 15) is 9.59 Å². The second-order valence-corrected chi connectivity index (χ2v) is 6.85. The summed E-state index contributed by atoms with van der Waals surface area (Å²) in [5.41, 5.74) is 2.28. The van der Waals surface area contributed by atoms with Gasteiger partial charge in [-0.15, -0.1) is 0 Å². The molecule has 5 heteroatoms. The molecule has 1 fully saturated rings. The highest BCUT2D eigenvalue weighted by Gasteiger charge is 2.31. The summed E-state index contributed by atoms with van der Waals surface area (Å²) in [7, 11) is 1.41. The Labute approximate surface area is 149 Å². The quantitative estimate of drug-likeness (QED) is 0.660. The number of rotatable bonds is 5. The maximum Gasteiger partial charge on any atom is 0.308 e. The van der Waals surface area contributed by atoms with E-state index in [1.165, 1.54) is 12.8 Å². The first-order valence-electron chi connectivity index (χ1n) is 9.02. The molecule has 0 bridgehead atoms. The summed E-state index contributed by atoms with van der Waals surface area (Å²) in [4.78, 5) is 26.5. The first kappa shape index (κ1) is 17.5. The van der Waals surface area contributed by atoms with E-state index in [-0.39, 0.29) is 23.7 Å². The monoisotopic (exact) mass is 342 g/mol. The topological polar surface area (TPSA) is 58.6 Å². The molecule has 1 N–H and O–H groups in total. The molecular weight excluding hydrogens is 316 g/mol. The smallest absolute Gasteiger partial charge is 0.308 e. The lowest BCUT2D eigenvalue weighted by Crippen LogP contribution is -2.35. The molecule has 1 amide bonds. The Morgan fingerprint density at radius 1 is 1.20 bits per heavy atom. The van der Waals surface area contributed by atoms with Crippen molar-refractivity contribution in [1.29, 1.82) is 0 Å². The van der Waals surface area contributed by atoms with Crippen molar-refractivity contribution >= 4 is 17.6 Å². The molecule has 0 aromatic heterocycles. The molecule has 0 saturated heterocycles. The molecule has 134 valence electrons. The minimum absolute atomic E-state index is 0.0434. The molecule has 2 atom stereocenters. The second kappa shape index (κ2) is 8.19. The van der Waals surface area contributed by atoms with Gasteiger partial charge in [-0.2, -0.15) is 0 Å². The van der Waals surface area contributed by atoms with Crippen molar-refractivity contribution in [3.8, 4) is 0 Å². The number of benzene rings is 1. The van der Waals surface area contributed by atoms with Gasteiger partial charge in [0.25, 0.3) is 0 Å². The third-order valence-electron chi connectivity index (χ3n) is 5.14. The Morgan fingerprint density at radius 3 is 2.72 bits per heavy atom. The van der Waals surface area contributed by atoms with Gasteiger partial charge in [0, 0.05) is 31.2 Å². The molecule has 3 rings (SSSR count). The van der Waals surface area contributed by atoms with Crippen LogP contribution in [0.5, 0.6) is 0 Å². The molecule has 1 aliphatic carbocycles. The standard InChI is InChI=1S/C20H26N2O3/c1-25-20(24)17-8-5-7-16(13-17)19(23)21-14-15-6-4-9-18(12-15)22-10-2-3-11-22/h2-4,6,9,12,16-17H,5,7-8,10-11,13-14H2,1H3,(H,21,23)/t16-,17-/m1/s1. The van der Waals surface area contributed by atoms with Crippen LogP contribution in [0, 0.1) is 11.8 Å². The first-order chi connectivity index (χ1) is 12.2. The highest BCUT2D eigenvalue weighted by Crippen LogP contribution is 2.30. The van der Waals surface area contributed by atoms with Crippen molar-refractivity contribution in [2.45, 2.75) is 32.2 Å². The number of ether oxygens (including phenoxy) is 1. The van der Waals surface area contributed by atoms with Crippen LogP contribution in [0.1, 0.15) is 31.2 Å². The van der Waals surface area contributed by atoms with Gasteiger partial charge in [0.15, 0.2) is 0 Å². The van der Waals surface area contributed by atoms with Crippen LogP contribution in [-0.4, -0.2) is 32.1 Å². The van der Waals surface area contributed by atoms with Crippen LogP contribution < -0.4 is 10.2 Å². The van der Waals surface area contributed by atoms with Crippen LogP contribution >= 0.6 is 0 Å². The predicted molar refractivity (Wildman–Crippen MR) is 97.1 cm³/mol. The highest BCUT2D eigenvalue weighted by atomic mass is 16.5. The van der Waals surface area contributed by atoms with E-state index in [1.807, 2.05) is 12.1 Å². The summed E-state index contributed by atoms with van der Waals surface area (Å²) in [6, 6.07) is 8.29. The summed E-state index contributed by atoms with van der Waals surface area (Å²) >= 11 is 0. The van der Waals surface area contributed by atoms with E-state index in [2.05, 4.69) is 34.5 Å². The highest BCUT2D eigenvalue weighted by molar-refractivity contribution is 5.80. The lowest BCUT2D eigenvalue weighted by Gasteiger charge is -2.26. The van der Waals surface area contributed by atoms with Gasteiger partial charge < -0.3 is 15.0 Å². The number of esters is 1. The van der Waals surface area contributed by atoms with Crippen LogP contribution in [0.3, 0.4) is 0 Å². The third-order valence-corrected chi connectivity index (χ3v) is 5.14. The molecule has 1 aromatic rings. The molecule has 5 nitrogen and oxygen atoms in total. The maximum absolute atomic E-state index is 12.5. The molecule has 25 heavy (non-hydrogen) atoms. The average Bonchev–Trinajstić information content (AvgIpc) is 3.20. The lowest BCUT2D eigenvalue weighted by molar-refractivity contribution is -0.147. The fourth-order valence-electron chi connectivity index (χ4n) is 3.69. The van der Waals surface area contributed by atoms with Crippen LogP contribution in [-0.2, 0) is 20.9 Å². The van der Waals surface area contributed by atoms with Crippen LogP contribution in [0.4, 0.5) is 5.69 Å². The summed E-state index contributed by atoms with van der Waals surface area (Å²) in [5, 5.41) is 3.04. The van der Waals surface area contributed by atoms with E-state index in [1.54, 1.807) is 0 Å². The van der Waals surface area contributed by atoms with Crippen molar-refractivity contribution in [1.82, 2.24) is 5.32 Å². The number of methoxy groups -OCH3 is 1. The molecule has 1 saturated carbocycles. The van der Waals surface area contributed by atoms with Crippen molar-refractivity contribution in [3.63, 3.8) is 0 Å². The number of nitrogens with zero attached hydrogens (tertiary/aromatic N) is 1. The molecule has 1 aromatic carbocycles. The molecule has 2 aliphatic rings. The number of hydrogen-bond donors (Lipinski definition) is 1. The van der Waals surface area contributed by atoms with Gasteiger partial charge in [-0.05, 0) is 37.0 Å². The van der Waals surface area contributed by atoms with Crippen LogP contribution in [0.15, 0.2) is 36.4 Å². The number of hydrogen-bond acceptors (Lipinski definition) is 4. The fraction of sp³-hybridized carbons (Fsp3) is 0.500. The summed E-state index contributed by atoms with van der Waals surface area (Å²) in [6.45, 7) is 2.40. The average molecular weight is 342 g/mol. The Kier molecular flexibility index (Phi) is 5.74. The largest absolute Gasteiger partial charge is 0.469 e. The number of amides is 1. The Morgan fingerprint density at radius 2 is 1.96 bits per heavy atom. The predicted octanol–water partition coefficient (Wildman–Crippen LogP) is 2.66. The third kappa shape index (κ3) is 4.41. The Balaban J connectivity index is 1.53. The second-order valence-electron chi connectivity index (χ2n) is 6.85. The van der Waals surface area contributed by atoms with Crippen molar-refractivity contribution in [2.75, 3.05) is 25.1 Å². The zero-order valence-electron chi connectivity index (χ0n) is 14.7. The van der Waals surface area contributed by atoms with Gasteiger partial charge in [0.2, 0.25) is 5.91 Å².